The highest BCUT2D eigenvalue weighted by Crippen LogP contribution is 2.29. The van der Waals surface area contributed by atoms with Crippen LogP contribution in [0.3, 0.4) is 0 Å². The first kappa shape index (κ1) is 26.4. The van der Waals surface area contributed by atoms with Gasteiger partial charge in [-0.2, -0.15) is 0 Å². The van der Waals surface area contributed by atoms with E-state index in [1.165, 1.54) is 12.1 Å². The Hall–Kier alpha value is -3.66. The van der Waals surface area contributed by atoms with Crippen LogP contribution in [0.5, 0.6) is 5.75 Å². The van der Waals surface area contributed by atoms with Crippen molar-refractivity contribution in [3.8, 4) is 16.9 Å². The molecule has 0 saturated carbocycles. The molecular formula is C27H30N2O7S. The van der Waals surface area contributed by atoms with Gasteiger partial charge >= 0.3 is 5.63 Å². The predicted molar refractivity (Wildman–Crippen MR) is 140 cm³/mol. The largest absolute Gasteiger partial charge is 0.484 e. The van der Waals surface area contributed by atoms with E-state index >= 15 is 0 Å². The summed E-state index contributed by atoms with van der Waals surface area (Å²) in [6.07, 6.45) is 2.01. The van der Waals surface area contributed by atoms with Crippen molar-refractivity contribution in [1.29, 1.82) is 0 Å². The normalized spacial score (nSPS) is 13.8. The SMILES string of the molecule is CCCS(=O)(=O)N(CCCN1CCCC1=O)C(=O)COc1ccc2c(-c3ccccc3)cc(=O)oc2c1. The smallest absolute Gasteiger partial charge is 0.336 e. The Kier molecular flexibility index (Phi) is 8.27. The molecule has 9 nitrogen and oxygen atoms in total. The molecule has 0 bridgehead atoms. The van der Waals surface area contributed by atoms with E-state index in [0.717, 1.165) is 16.3 Å². The Bertz CT molecular complexity index is 1430. The minimum absolute atomic E-state index is 0.0265. The number of ether oxygens (including phenoxy) is 1. The van der Waals surface area contributed by atoms with Gasteiger partial charge in [-0.25, -0.2) is 17.5 Å². The minimum atomic E-state index is -3.82. The fraction of sp³-hybridized carbons (Fsp3) is 0.370. The molecule has 0 atom stereocenters. The highest BCUT2D eigenvalue weighted by atomic mass is 32.2. The summed E-state index contributed by atoms with van der Waals surface area (Å²) in [5.41, 5.74) is 1.34. The van der Waals surface area contributed by atoms with Crippen LogP contribution in [-0.4, -0.2) is 61.4 Å². The van der Waals surface area contributed by atoms with Gasteiger partial charge in [0.15, 0.2) is 6.61 Å². The lowest BCUT2D eigenvalue weighted by Crippen LogP contribution is -2.42. The molecule has 1 saturated heterocycles. The van der Waals surface area contributed by atoms with Crippen LogP contribution in [0.1, 0.15) is 32.6 Å². The lowest BCUT2D eigenvalue weighted by Gasteiger charge is -2.24. The zero-order valence-electron chi connectivity index (χ0n) is 20.7. The third-order valence-electron chi connectivity index (χ3n) is 6.20. The molecule has 2 amide bonds. The van der Waals surface area contributed by atoms with Crippen LogP contribution in [-0.2, 0) is 19.6 Å². The van der Waals surface area contributed by atoms with E-state index in [1.807, 2.05) is 30.3 Å². The summed E-state index contributed by atoms with van der Waals surface area (Å²) in [4.78, 5) is 38.7. The van der Waals surface area contributed by atoms with Crippen molar-refractivity contribution in [3.05, 3.63) is 65.0 Å². The summed E-state index contributed by atoms with van der Waals surface area (Å²) in [6, 6.07) is 15.7. The van der Waals surface area contributed by atoms with E-state index in [1.54, 1.807) is 24.0 Å². The fourth-order valence-corrected chi connectivity index (χ4v) is 5.95. The number of likely N-dealkylation sites (tertiary alicyclic amines) is 1. The molecule has 2 aromatic carbocycles. The van der Waals surface area contributed by atoms with Gasteiger partial charge in [0.05, 0.1) is 5.75 Å². The van der Waals surface area contributed by atoms with Gasteiger partial charge in [0.25, 0.3) is 5.91 Å². The van der Waals surface area contributed by atoms with Gasteiger partial charge in [0.1, 0.15) is 11.3 Å². The summed E-state index contributed by atoms with van der Waals surface area (Å²) >= 11 is 0. The molecule has 2 heterocycles. The van der Waals surface area contributed by atoms with Crippen LogP contribution in [0.2, 0.25) is 0 Å². The van der Waals surface area contributed by atoms with E-state index in [9.17, 15) is 22.8 Å². The van der Waals surface area contributed by atoms with Gasteiger partial charge in [-0.05, 0) is 42.5 Å². The fourth-order valence-electron chi connectivity index (χ4n) is 4.44. The van der Waals surface area contributed by atoms with E-state index < -0.39 is 28.2 Å². The van der Waals surface area contributed by atoms with Crippen LogP contribution >= 0.6 is 0 Å². The van der Waals surface area contributed by atoms with Gasteiger partial charge in [-0.3, -0.25) is 9.59 Å². The van der Waals surface area contributed by atoms with Gasteiger partial charge in [-0.1, -0.05) is 37.3 Å². The Morgan fingerprint density at radius 1 is 1.11 bits per heavy atom. The maximum absolute atomic E-state index is 13.0. The molecule has 196 valence electrons. The zero-order valence-corrected chi connectivity index (χ0v) is 21.5. The number of benzene rings is 2. The Morgan fingerprint density at radius 3 is 2.59 bits per heavy atom. The van der Waals surface area contributed by atoms with Crippen molar-refractivity contribution in [2.75, 3.05) is 32.0 Å². The molecule has 1 aromatic heterocycles. The minimum Gasteiger partial charge on any atom is -0.484 e. The van der Waals surface area contributed by atoms with E-state index in [4.69, 9.17) is 9.15 Å². The number of hydrogen-bond donors (Lipinski definition) is 0. The Morgan fingerprint density at radius 2 is 1.89 bits per heavy atom. The molecule has 0 aliphatic carbocycles. The quantitative estimate of drug-likeness (QED) is 0.352. The number of carbonyl (C=O) groups is 2. The summed E-state index contributed by atoms with van der Waals surface area (Å²) in [7, 11) is -3.82. The van der Waals surface area contributed by atoms with Gasteiger partial charge < -0.3 is 14.1 Å². The highest BCUT2D eigenvalue weighted by molar-refractivity contribution is 7.89. The van der Waals surface area contributed by atoms with Gasteiger partial charge in [0.2, 0.25) is 15.9 Å². The first-order valence-corrected chi connectivity index (χ1v) is 14.0. The van der Waals surface area contributed by atoms with E-state index in [-0.39, 0.29) is 24.0 Å². The summed E-state index contributed by atoms with van der Waals surface area (Å²) in [5, 5.41) is 0.702. The summed E-state index contributed by atoms with van der Waals surface area (Å²) < 4.78 is 37.4. The Balaban J connectivity index is 1.48. The first-order chi connectivity index (χ1) is 17.8. The number of sulfonamides is 1. The lowest BCUT2D eigenvalue weighted by molar-refractivity contribution is -0.128. The second-order valence-corrected chi connectivity index (χ2v) is 10.9. The molecule has 37 heavy (non-hydrogen) atoms. The summed E-state index contributed by atoms with van der Waals surface area (Å²) in [5.74, 6) is -0.536. The third kappa shape index (κ3) is 6.37. The van der Waals surface area contributed by atoms with Crippen LogP contribution in [0, 0.1) is 0 Å². The number of amides is 2. The molecule has 1 aliphatic rings. The highest BCUT2D eigenvalue weighted by Gasteiger charge is 2.28. The average Bonchev–Trinajstić information content (AvgIpc) is 3.29. The maximum Gasteiger partial charge on any atom is 0.336 e. The second kappa shape index (κ2) is 11.6. The first-order valence-electron chi connectivity index (χ1n) is 12.4. The van der Waals surface area contributed by atoms with Crippen molar-refractivity contribution in [3.63, 3.8) is 0 Å². The monoisotopic (exact) mass is 526 g/mol. The number of fused-ring (bicyclic) bond motifs is 1. The maximum atomic E-state index is 13.0. The molecule has 3 aromatic rings. The molecule has 0 unspecified atom stereocenters. The number of nitrogens with zero attached hydrogens (tertiary/aromatic N) is 2. The number of hydrogen-bond acceptors (Lipinski definition) is 7. The second-order valence-electron chi connectivity index (χ2n) is 8.91. The number of rotatable bonds is 11. The van der Waals surface area contributed by atoms with Crippen LogP contribution in [0.25, 0.3) is 22.1 Å². The lowest BCUT2D eigenvalue weighted by atomic mass is 10.0. The van der Waals surface area contributed by atoms with Crippen LogP contribution < -0.4 is 10.4 Å². The summed E-state index contributed by atoms with van der Waals surface area (Å²) in [6.45, 7) is 2.26. The molecule has 1 fully saturated rings. The van der Waals surface area contributed by atoms with Crippen molar-refractivity contribution < 1.29 is 27.2 Å². The zero-order chi connectivity index (χ0) is 26.4. The molecule has 0 N–H and O–H groups in total. The molecular weight excluding hydrogens is 496 g/mol. The van der Waals surface area contributed by atoms with Gasteiger partial charge in [0, 0.05) is 43.6 Å². The molecule has 0 radical (unpaired) electrons. The van der Waals surface area contributed by atoms with Crippen molar-refractivity contribution in [2.24, 2.45) is 0 Å². The standard InChI is InChI=1S/C27H30N2O7S/c1-2-16-37(33,34)29(15-7-14-28-13-6-10-25(28)30)26(31)19-35-21-11-12-22-23(20-8-4-3-5-9-20)18-27(32)36-24(22)17-21/h3-5,8-9,11-12,17-18H,2,6-7,10,13-16,19H2,1H3. The van der Waals surface area contributed by atoms with Crippen molar-refractivity contribution >= 4 is 32.8 Å². The molecule has 1 aliphatic heterocycles. The van der Waals surface area contributed by atoms with Crippen LogP contribution in [0.4, 0.5) is 0 Å². The average molecular weight is 527 g/mol. The molecule has 4 rings (SSSR count). The van der Waals surface area contributed by atoms with Crippen molar-refractivity contribution in [2.45, 2.75) is 32.6 Å². The van der Waals surface area contributed by atoms with E-state index in [2.05, 4.69) is 0 Å². The van der Waals surface area contributed by atoms with Crippen LogP contribution in [0.15, 0.2) is 63.8 Å². The molecule has 10 heteroatoms. The predicted octanol–water partition coefficient (Wildman–Crippen LogP) is 3.42. The Labute approximate surface area is 215 Å². The molecule has 0 spiro atoms. The third-order valence-corrected chi connectivity index (χ3v) is 8.18. The van der Waals surface area contributed by atoms with Crippen molar-refractivity contribution in [1.82, 2.24) is 9.21 Å². The topological polar surface area (TPSA) is 114 Å². The van der Waals surface area contributed by atoms with Gasteiger partial charge in [-0.15, -0.1) is 0 Å². The van der Waals surface area contributed by atoms with E-state index in [0.29, 0.717) is 48.9 Å². The number of carbonyl (C=O) groups excluding carboxylic acids is 2.